The highest BCUT2D eigenvalue weighted by molar-refractivity contribution is 5.69. The molecule has 1 aromatic heterocycles. The third-order valence-electron chi connectivity index (χ3n) is 3.98. The van der Waals surface area contributed by atoms with E-state index in [0.717, 1.165) is 12.3 Å². The average Bonchev–Trinajstić information content (AvgIpc) is 2.88. The van der Waals surface area contributed by atoms with Crippen LogP contribution < -0.4 is 0 Å². The maximum atomic E-state index is 12.8. The molecule has 25 heavy (non-hydrogen) atoms. The van der Waals surface area contributed by atoms with Gasteiger partial charge >= 0.3 is 12.3 Å². The summed E-state index contributed by atoms with van der Waals surface area (Å²) in [4.78, 5) is 17.1. The van der Waals surface area contributed by atoms with E-state index in [9.17, 15) is 23.1 Å². The molecular formula is C17H23F3N2O3. The van der Waals surface area contributed by atoms with Gasteiger partial charge in [0.1, 0.15) is 11.3 Å². The van der Waals surface area contributed by atoms with Gasteiger partial charge < -0.3 is 14.7 Å². The largest absolute Gasteiger partial charge is 0.444 e. The van der Waals surface area contributed by atoms with Crippen LogP contribution in [0.3, 0.4) is 0 Å². The average molecular weight is 360 g/mol. The van der Waals surface area contributed by atoms with Crippen molar-refractivity contribution in [1.29, 1.82) is 0 Å². The van der Waals surface area contributed by atoms with Crippen molar-refractivity contribution in [1.82, 2.24) is 9.88 Å². The number of carbonyl (C=O) groups excluding carboxylic acids is 1. The molecule has 1 N–H and O–H groups in total. The zero-order chi connectivity index (χ0) is 18.8. The van der Waals surface area contributed by atoms with Crippen molar-refractivity contribution >= 4 is 6.09 Å². The highest BCUT2D eigenvalue weighted by atomic mass is 19.4. The molecule has 2 rings (SSSR count). The number of likely N-dealkylation sites (tertiary alicyclic amines) is 1. The zero-order valence-electron chi connectivity index (χ0n) is 14.5. The van der Waals surface area contributed by atoms with Gasteiger partial charge in [-0.05, 0) is 57.2 Å². The summed E-state index contributed by atoms with van der Waals surface area (Å²) in [5.41, 5.74) is -1.07. The van der Waals surface area contributed by atoms with E-state index in [4.69, 9.17) is 4.74 Å². The molecule has 1 aromatic rings. The van der Waals surface area contributed by atoms with Gasteiger partial charge in [0.05, 0.1) is 12.6 Å². The molecule has 1 amide bonds. The first-order chi connectivity index (χ1) is 11.5. The fraction of sp³-hybridized carbons (Fsp3) is 0.647. The molecule has 1 unspecified atom stereocenters. The lowest BCUT2D eigenvalue weighted by Crippen LogP contribution is -2.41. The molecule has 0 spiro atoms. The number of pyridine rings is 1. The summed E-state index contributed by atoms with van der Waals surface area (Å²) in [6, 6.07) is 2.19. The molecule has 1 aliphatic rings. The molecule has 1 aliphatic heterocycles. The monoisotopic (exact) mass is 360 g/mol. The quantitative estimate of drug-likeness (QED) is 0.899. The van der Waals surface area contributed by atoms with Crippen molar-refractivity contribution in [3.8, 4) is 0 Å². The van der Waals surface area contributed by atoms with Gasteiger partial charge in [0.2, 0.25) is 0 Å². The van der Waals surface area contributed by atoms with Crippen LogP contribution in [0.1, 0.15) is 38.4 Å². The minimum absolute atomic E-state index is 0.0480. The molecule has 0 radical (unpaired) electrons. The maximum absolute atomic E-state index is 12.8. The molecule has 2 heterocycles. The lowest BCUT2D eigenvalue weighted by Gasteiger charge is -2.27. The Morgan fingerprint density at radius 2 is 2.08 bits per heavy atom. The number of aromatic nitrogens is 1. The standard InChI is InChI=1S/C17H23F3N2O3/c1-16(2,3)25-15(24)22-9-12(7-13(22)10-23)6-11-4-5-21-14(8-11)17(18,19)20/h4-5,8,12-13,23H,6-7,9-10H2,1-3H3/t12?,13-/m0/s1. The predicted octanol–water partition coefficient (Wildman–Crippen LogP) is 3.26. The SMILES string of the molecule is CC(C)(C)OC(=O)N1CC(Cc2ccnc(C(F)(F)F)c2)C[C@H]1CO. The molecule has 2 atom stereocenters. The fourth-order valence-electron chi connectivity index (χ4n) is 2.97. The molecule has 5 nitrogen and oxygen atoms in total. The van der Waals surface area contributed by atoms with Gasteiger partial charge in [-0.1, -0.05) is 0 Å². The summed E-state index contributed by atoms with van der Waals surface area (Å²) in [5, 5.41) is 9.51. The number of amides is 1. The van der Waals surface area contributed by atoms with Crippen LogP contribution in [0, 0.1) is 5.92 Å². The van der Waals surface area contributed by atoms with E-state index in [-0.39, 0.29) is 18.6 Å². The third kappa shape index (κ3) is 5.32. The van der Waals surface area contributed by atoms with Gasteiger partial charge in [0.15, 0.2) is 0 Å². The number of hydrogen-bond acceptors (Lipinski definition) is 4. The summed E-state index contributed by atoms with van der Waals surface area (Å²) < 4.78 is 43.6. The molecule has 0 saturated carbocycles. The van der Waals surface area contributed by atoms with Crippen LogP contribution in [0.15, 0.2) is 18.3 Å². The second-order valence-electron chi connectivity index (χ2n) is 7.32. The predicted molar refractivity (Wildman–Crippen MR) is 84.9 cm³/mol. The number of aliphatic hydroxyl groups is 1. The number of nitrogens with zero attached hydrogens (tertiary/aromatic N) is 2. The molecule has 0 aromatic carbocycles. The van der Waals surface area contributed by atoms with Gasteiger partial charge in [-0.3, -0.25) is 4.98 Å². The molecule has 1 saturated heterocycles. The van der Waals surface area contributed by atoms with E-state index < -0.39 is 23.6 Å². The Kier molecular flexibility index (Phi) is 5.61. The van der Waals surface area contributed by atoms with Crippen molar-refractivity contribution in [3.05, 3.63) is 29.6 Å². The molecule has 1 fully saturated rings. The zero-order valence-corrected chi connectivity index (χ0v) is 14.5. The third-order valence-corrected chi connectivity index (χ3v) is 3.98. The Bertz CT molecular complexity index is 614. The van der Waals surface area contributed by atoms with Crippen molar-refractivity contribution in [2.24, 2.45) is 5.92 Å². The number of rotatable bonds is 3. The second-order valence-corrected chi connectivity index (χ2v) is 7.32. The first-order valence-electron chi connectivity index (χ1n) is 8.12. The van der Waals surface area contributed by atoms with Gasteiger partial charge in [-0.25, -0.2) is 4.79 Å². The highest BCUT2D eigenvalue weighted by Crippen LogP contribution is 2.31. The summed E-state index contributed by atoms with van der Waals surface area (Å²) in [6.07, 6.45) is -2.97. The fourth-order valence-corrected chi connectivity index (χ4v) is 2.97. The van der Waals surface area contributed by atoms with Crippen LogP contribution in [0.25, 0.3) is 0 Å². The first-order valence-corrected chi connectivity index (χ1v) is 8.12. The Balaban J connectivity index is 2.06. The van der Waals surface area contributed by atoms with Crippen LogP contribution in [0.4, 0.5) is 18.0 Å². The van der Waals surface area contributed by atoms with Gasteiger partial charge in [-0.2, -0.15) is 13.2 Å². The smallest absolute Gasteiger partial charge is 0.433 e. The molecule has 8 heteroatoms. The van der Waals surface area contributed by atoms with E-state index in [1.165, 1.54) is 4.90 Å². The van der Waals surface area contributed by atoms with Crippen LogP contribution in [0.5, 0.6) is 0 Å². The Hall–Kier alpha value is -1.83. The number of alkyl halides is 3. The minimum atomic E-state index is -4.48. The van der Waals surface area contributed by atoms with E-state index >= 15 is 0 Å². The van der Waals surface area contributed by atoms with Crippen LogP contribution in [-0.4, -0.2) is 45.9 Å². The number of halogens is 3. The normalized spacial score (nSPS) is 21.5. The molecule has 140 valence electrons. The van der Waals surface area contributed by atoms with Gasteiger partial charge in [0.25, 0.3) is 0 Å². The van der Waals surface area contributed by atoms with Crippen molar-refractivity contribution in [2.75, 3.05) is 13.2 Å². The minimum Gasteiger partial charge on any atom is -0.444 e. The van der Waals surface area contributed by atoms with Crippen molar-refractivity contribution in [3.63, 3.8) is 0 Å². The van der Waals surface area contributed by atoms with Crippen LogP contribution in [-0.2, 0) is 17.3 Å². The van der Waals surface area contributed by atoms with E-state index in [1.54, 1.807) is 26.8 Å². The van der Waals surface area contributed by atoms with Crippen LogP contribution in [0.2, 0.25) is 0 Å². The van der Waals surface area contributed by atoms with Crippen molar-refractivity contribution in [2.45, 2.75) is 51.4 Å². The summed E-state index contributed by atoms with van der Waals surface area (Å²) >= 11 is 0. The van der Waals surface area contributed by atoms with E-state index in [1.807, 2.05) is 0 Å². The van der Waals surface area contributed by atoms with Gasteiger partial charge in [0, 0.05) is 12.7 Å². The van der Waals surface area contributed by atoms with Gasteiger partial charge in [-0.15, -0.1) is 0 Å². The maximum Gasteiger partial charge on any atom is 0.433 e. The lowest BCUT2D eigenvalue weighted by atomic mass is 9.97. The Labute approximate surface area is 144 Å². The number of carbonyl (C=O) groups is 1. The van der Waals surface area contributed by atoms with Crippen molar-refractivity contribution < 1.29 is 27.8 Å². The van der Waals surface area contributed by atoms with E-state index in [0.29, 0.717) is 24.9 Å². The second kappa shape index (κ2) is 7.19. The Morgan fingerprint density at radius 1 is 1.40 bits per heavy atom. The summed E-state index contributed by atoms with van der Waals surface area (Å²) in [7, 11) is 0. The number of ether oxygens (including phenoxy) is 1. The summed E-state index contributed by atoms with van der Waals surface area (Å²) in [5.74, 6) is -0.0480. The topological polar surface area (TPSA) is 62.7 Å². The molecular weight excluding hydrogens is 337 g/mol. The van der Waals surface area contributed by atoms with E-state index in [2.05, 4.69) is 4.98 Å². The first kappa shape index (κ1) is 19.5. The summed E-state index contributed by atoms with van der Waals surface area (Å²) in [6.45, 7) is 5.38. The lowest BCUT2D eigenvalue weighted by molar-refractivity contribution is -0.141. The molecule has 0 aliphatic carbocycles. The number of aliphatic hydroxyl groups excluding tert-OH is 1. The van der Waals surface area contributed by atoms with Crippen LogP contribution >= 0.6 is 0 Å². The Morgan fingerprint density at radius 3 is 2.64 bits per heavy atom. The highest BCUT2D eigenvalue weighted by Gasteiger charge is 2.37. The number of hydrogen-bond donors (Lipinski definition) is 1. The molecule has 0 bridgehead atoms.